The van der Waals surface area contributed by atoms with Crippen LogP contribution in [0.25, 0.3) is 11.0 Å². The summed E-state index contributed by atoms with van der Waals surface area (Å²) in [5, 5.41) is 0. The molecule has 1 unspecified atom stereocenters. The number of imidazole rings is 1. The van der Waals surface area contributed by atoms with E-state index in [4.69, 9.17) is 14.5 Å². The first-order chi connectivity index (χ1) is 16.5. The third kappa shape index (κ3) is 4.36. The molecule has 1 amide bonds. The summed E-state index contributed by atoms with van der Waals surface area (Å²) >= 11 is 0. The number of methoxy groups -OCH3 is 1. The molecule has 1 atom stereocenters. The average Bonchev–Trinajstić information content (AvgIpc) is 3.39. The maximum absolute atomic E-state index is 13.0. The molecular formula is C28H29N3O3. The van der Waals surface area contributed by atoms with Crippen LogP contribution in [-0.4, -0.2) is 35.7 Å². The smallest absolute Gasteiger partial charge is 0.227 e. The van der Waals surface area contributed by atoms with E-state index in [9.17, 15) is 4.79 Å². The zero-order valence-electron chi connectivity index (χ0n) is 19.8. The first-order valence-corrected chi connectivity index (χ1v) is 11.6. The molecule has 2 heterocycles. The normalized spacial score (nSPS) is 15.8. The number of carbonyl (C=O) groups excluding carboxylic acids is 1. The lowest BCUT2D eigenvalue weighted by atomic mass is 10.1. The van der Waals surface area contributed by atoms with Crippen molar-refractivity contribution in [3.8, 4) is 11.5 Å². The summed E-state index contributed by atoms with van der Waals surface area (Å²) in [4.78, 5) is 19.9. The summed E-state index contributed by atoms with van der Waals surface area (Å²) in [5.41, 5.74) is 5.29. The van der Waals surface area contributed by atoms with Crippen LogP contribution in [0.15, 0.2) is 66.7 Å². The van der Waals surface area contributed by atoms with Gasteiger partial charge < -0.3 is 18.9 Å². The molecule has 4 aromatic rings. The molecule has 174 valence electrons. The zero-order chi connectivity index (χ0) is 23.7. The van der Waals surface area contributed by atoms with E-state index < -0.39 is 0 Å². The SMILES string of the molecule is COc1cccc(OCCn2c(C3CC(=O)N(c4cc(C)cc(C)c4)C3)nc3ccccc32)c1. The molecule has 1 fully saturated rings. The van der Waals surface area contributed by atoms with Gasteiger partial charge in [0.1, 0.15) is 23.9 Å². The monoisotopic (exact) mass is 455 g/mol. The molecule has 0 N–H and O–H groups in total. The van der Waals surface area contributed by atoms with Gasteiger partial charge in [0.25, 0.3) is 0 Å². The van der Waals surface area contributed by atoms with Gasteiger partial charge in [-0.25, -0.2) is 4.98 Å². The van der Waals surface area contributed by atoms with Crippen molar-refractivity contribution >= 4 is 22.6 Å². The molecule has 0 saturated carbocycles. The third-order valence-corrected chi connectivity index (χ3v) is 6.32. The van der Waals surface area contributed by atoms with Gasteiger partial charge in [0, 0.05) is 30.6 Å². The predicted molar refractivity (Wildman–Crippen MR) is 134 cm³/mol. The zero-order valence-corrected chi connectivity index (χ0v) is 19.8. The quantitative estimate of drug-likeness (QED) is 0.381. The fourth-order valence-corrected chi connectivity index (χ4v) is 4.82. The van der Waals surface area contributed by atoms with Crippen molar-refractivity contribution < 1.29 is 14.3 Å². The Bertz CT molecular complexity index is 1320. The summed E-state index contributed by atoms with van der Waals surface area (Å²) in [7, 11) is 1.65. The van der Waals surface area contributed by atoms with Crippen molar-refractivity contribution in [2.24, 2.45) is 0 Å². The van der Waals surface area contributed by atoms with E-state index in [0.29, 0.717) is 26.1 Å². The molecule has 1 aliphatic rings. The number of aromatic nitrogens is 2. The largest absolute Gasteiger partial charge is 0.497 e. The molecule has 6 nitrogen and oxygen atoms in total. The predicted octanol–water partition coefficient (Wildman–Crippen LogP) is 5.26. The van der Waals surface area contributed by atoms with Crippen molar-refractivity contribution in [1.29, 1.82) is 0 Å². The lowest BCUT2D eigenvalue weighted by Crippen LogP contribution is -2.25. The summed E-state index contributed by atoms with van der Waals surface area (Å²) in [5.74, 6) is 2.64. The van der Waals surface area contributed by atoms with E-state index >= 15 is 0 Å². The molecule has 0 radical (unpaired) electrons. The van der Waals surface area contributed by atoms with Gasteiger partial charge in [0.15, 0.2) is 0 Å². The standard InChI is InChI=1S/C28H29N3O3/c1-19-13-20(2)15-22(14-19)31-18-21(16-27(31)32)28-29-25-9-4-5-10-26(25)30(28)11-12-34-24-8-6-7-23(17-24)33-3/h4-10,13-15,17,21H,11-12,16,18H2,1-3H3. The molecule has 3 aromatic carbocycles. The van der Waals surface area contributed by atoms with Crippen molar-refractivity contribution in [3.05, 3.63) is 83.7 Å². The van der Waals surface area contributed by atoms with Gasteiger partial charge in [0.2, 0.25) is 5.91 Å². The van der Waals surface area contributed by atoms with E-state index in [-0.39, 0.29) is 11.8 Å². The first-order valence-electron chi connectivity index (χ1n) is 11.6. The lowest BCUT2D eigenvalue weighted by Gasteiger charge is -2.19. The fraction of sp³-hybridized carbons (Fsp3) is 0.286. The third-order valence-electron chi connectivity index (χ3n) is 6.32. The Balaban J connectivity index is 1.40. The Kier molecular flexibility index (Phi) is 5.97. The number of benzene rings is 3. The van der Waals surface area contributed by atoms with Crippen LogP contribution in [0.1, 0.15) is 29.3 Å². The number of anilines is 1. The van der Waals surface area contributed by atoms with Gasteiger partial charge in [-0.05, 0) is 61.4 Å². The number of aryl methyl sites for hydroxylation is 2. The van der Waals surface area contributed by atoms with Crippen LogP contribution in [0.3, 0.4) is 0 Å². The fourth-order valence-electron chi connectivity index (χ4n) is 4.82. The van der Waals surface area contributed by atoms with E-state index in [1.807, 2.05) is 47.4 Å². The van der Waals surface area contributed by atoms with Crippen LogP contribution in [0, 0.1) is 13.8 Å². The number of para-hydroxylation sites is 2. The summed E-state index contributed by atoms with van der Waals surface area (Å²) in [6.45, 7) is 5.89. The molecule has 0 aliphatic carbocycles. The minimum Gasteiger partial charge on any atom is -0.497 e. The minimum atomic E-state index is 0.0255. The summed E-state index contributed by atoms with van der Waals surface area (Å²) in [6, 6.07) is 22.0. The molecule has 5 rings (SSSR count). The highest BCUT2D eigenvalue weighted by molar-refractivity contribution is 5.96. The van der Waals surface area contributed by atoms with Gasteiger partial charge in [-0.2, -0.15) is 0 Å². The molecule has 34 heavy (non-hydrogen) atoms. The highest BCUT2D eigenvalue weighted by Gasteiger charge is 2.35. The van der Waals surface area contributed by atoms with Crippen LogP contribution < -0.4 is 14.4 Å². The second kappa shape index (κ2) is 9.21. The van der Waals surface area contributed by atoms with E-state index in [1.165, 1.54) is 0 Å². The van der Waals surface area contributed by atoms with E-state index in [0.717, 1.165) is 45.2 Å². The maximum Gasteiger partial charge on any atom is 0.227 e. The van der Waals surface area contributed by atoms with Crippen LogP contribution in [0.4, 0.5) is 5.69 Å². The van der Waals surface area contributed by atoms with Gasteiger partial charge >= 0.3 is 0 Å². The van der Waals surface area contributed by atoms with Gasteiger partial charge in [-0.15, -0.1) is 0 Å². The molecule has 0 spiro atoms. The summed E-state index contributed by atoms with van der Waals surface area (Å²) < 4.78 is 13.5. The Morgan fingerprint density at radius 1 is 0.971 bits per heavy atom. The van der Waals surface area contributed by atoms with Gasteiger partial charge in [-0.1, -0.05) is 24.3 Å². The Morgan fingerprint density at radius 3 is 2.53 bits per heavy atom. The second-order valence-corrected chi connectivity index (χ2v) is 8.89. The molecular weight excluding hydrogens is 426 g/mol. The van der Waals surface area contributed by atoms with Crippen molar-refractivity contribution in [2.45, 2.75) is 32.7 Å². The molecule has 0 bridgehead atoms. The van der Waals surface area contributed by atoms with Crippen LogP contribution in [0.5, 0.6) is 11.5 Å². The summed E-state index contributed by atoms with van der Waals surface area (Å²) in [6.07, 6.45) is 0.451. The maximum atomic E-state index is 13.0. The Hall–Kier alpha value is -3.80. The van der Waals surface area contributed by atoms with E-state index in [1.54, 1.807) is 7.11 Å². The van der Waals surface area contributed by atoms with Crippen LogP contribution >= 0.6 is 0 Å². The first kappa shape index (κ1) is 22.0. The second-order valence-electron chi connectivity index (χ2n) is 8.89. The van der Waals surface area contributed by atoms with Crippen molar-refractivity contribution in [1.82, 2.24) is 9.55 Å². The Labute approximate surface area is 199 Å². The molecule has 1 saturated heterocycles. The number of ether oxygens (including phenoxy) is 2. The van der Waals surface area contributed by atoms with Gasteiger partial charge in [-0.3, -0.25) is 4.79 Å². The minimum absolute atomic E-state index is 0.0255. The molecule has 1 aromatic heterocycles. The highest BCUT2D eigenvalue weighted by atomic mass is 16.5. The van der Waals surface area contributed by atoms with Crippen LogP contribution in [0.2, 0.25) is 0 Å². The Morgan fingerprint density at radius 2 is 1.74 bits per heavy atom. The molecule has 6 heteroatoms. The number of fused-ring (bicyclic) bond motifs is 1. The number of amides is 1. The van der Waals surface area contributed by atoms with Crippen molar-refractivity contribution in [3.63, 3.8) is 0 Å². The number of nitrogens with zero attached hydrogens (tertiary/aromatic N) is 3. The molecule has 1 aliphatic heterocycles. The number of hydrogen-bond donors (Lipinski definition) is 0. The number of rotatable bonds is 7. The van der Waals surface area contributed by atoms with Crippen LogP contribution in [-0.2, 0) is 11.3 Å². The lowest BCUT2D eigenvalue weighted by molar-refractivity contribution is -0.117. The van der Waals surface area contributed by atoms with Crippen molar-refractivity contribution in [2.75, 3.05) is 25.2 Å². The van der Waals surface area contributed by atoms with Gasteiger partial charge in [0.05, 0.1) is 24.7 Å². The topological polar surface area (TPSA) is 56.6 Å². The number of carbonyl (C=O) groups is 1. The van der Waals surface area contributed by atoms with E-state index in [2.05, 4.69) is 42.7 Å². The number of hydrogen-bond acceptors (Lipinski definition) is 4. The highest BCUT2D eigenvalue weighted by Crippen LogP contribution is 2.34. The average molecular weight is 456 g/mol.